The van der Waals surface area contributed by atoms with Crippen LogP contribution in [0.15, 0.2) is 48.5 Å². The van der Waals surface area contributed by atoms with Gasteiger partial charge in [-0.15, -0.1) is 0 Å². The van der Waals surface area contributed by atoms with Crippen molar-refractivity contribution >= 4 is 17.5 Å². The molecule has 1 amide bonds. The maximum Gasteiger partial charge on any atom is 0.251 e. The number of likely N-dealkylation sites (tertiary alicyclic amines) is 1. The van der Waals surface area contributed by atoms with Crippen molar-refractivity contribution < 1.29 is 9.53 Å². The summed E-state index contributed by atoms with van der Waals surface area (Å²) in [6.07, 6.45) is 3.67. The molecule has 5 heteroatoms. The molecule has 0 aromatic heterocycles. The average Bonchev–Trinajstić information content (AvgIpc) is 2.69. The van der Waals surface area contributed by atoms with Gasteiger partial charge in [-0.05, 0) is 61.8 Å². The van der Waals surface area contributed by atoms with Gasteiger partial charge in [0, 0.05) is 17.1 Å². The third kappa shape index (κ3) is 4.77. The monoisotopic (exact) mass is 372 g/mol. The van der Waals surface area contributed by atoms with Gasteiger partial charge in [0.05, 0.1) is 13.2 Å². The van der Waals surface area contributed by atoms with E-state index >= 15 is 0 Å². The number of nitrogens with zero attached hydrogens (tertiary/aromatic N) is 1. The molecule has 1 aliphatic heterocycles. The Kier molecular flexibility index (Phi) is 6.53. The zero-order valence-electron chi connectivity index (χ0n) is 15.1. The molecule has 4 nitrogen and oxygen atoms in total. The van der Waals surface area contributed by atoms with E-state index in [0.29, 0.717) is 17.1 Å². The third-order valence-corrected chi connectivity index (χ3v) is 5.09. The fourth-order valence-corrected chi connectivity index (χ4v) is 3.65. The fourth-order valence-electron chi connectivity index (χ4n) is 3.46. The van der Waals surface area contributed by atoms with E-state index in [1.807, 2.05) is 12.1 Å². The van der Waals surface area contributed by atoms with E-state index in [1.54, 1.807) is 31.4 Å². The number of ether oxygens (including phenoxy) is 1. The first-order chi connectivity index (χ1) is 12.7. The summed E-state index contributed by atoms with van der Waals surface area (Å²) < 4.78 is 5.38. The van der Waals surface area contributed by atoms with E-state index in [1.165, 1.54) is 19.3 Å². The van der Waals surface area contributed by atoms with Crippen molar-refractivity contribution in [3.63, 3.8) is 0 Å². The van der Waals surface area contributed by atoms with Crippen LogP contribution in [0.3, 0.4) is 0 Å². The molecule has 1 heterocycles. The van der Waals surface area contributed by atoms with Gasteiger partial charge in [0.2, 0.25) is 0 Å². The Bertz CT molecular complexity index is 744. The van der Waals surface area contributed by atoms with Crippen LogP contribution < -0.4 is 10.1 Å². The quantitative estimate of drug-likeness (QED) is 0.821. The van der Waals surface area contributed by atoms with E-state index < -0.39 is 0 Å². The van der Waals surface area contributed by atoms with Crippen LogP contribution in [0, 0.1) is 0 Å². The van der Waals surface area contributed by atoms with Gasteiger partial charge in [-0.1, -0.05) is 36.2 Å². The second-order valence-electron chi connectivity index (χ2n) is 6.61. The number of benzene rings is 2. The number of amides is 1. The lowest BCUT2D eigenvalue weighted by Crippen LogP contribution is -2.40. The highest BCUT2D eigenvalue weighted by Gasteiger charge is 2.23. The summed E-state index contributed by atoms with van der Waals surface area (Å²) in [5.41, 5.74) is 1.75. The summed E-state index contributed by atoms with van der Waals surface area (Å²) in [6.45, 7) is 2.66. The molecule has 1 aliphatic rings. The predicted molar refractivity (Wildman–Crippen MR) is 105 cm³/mol. The van der Waals surface area contributed by atoms with E-state index in [9.17, 15) is 4.79 Å². The molecule has 2 aromatic carbocycles. The minimum absolute atomic E-state index is 0.0996. The molecule has 2 aromatic rings. The van der Waals surface area contributed by atoms with Crippen LogP contribution in [-0.2, 0) is 0 Å². The highest BCUT2D eigenvalue weighted by molar-refractivity contribution is 6.30. The lowest BCUT2D eigenvalue weighted by Gasteiger charge is -2.35. The Morgan fingerprint density at radius 1 is 1.15 bits per heavy atom. The van der Waals surface area contributed by atoms with Crippen LogP contribution in [0.1, 0.15) is 41.2 Å². The molecule has 1 N–H and O–H groups in total. The smallest absolute Gasteiger partial charge is 0.251 e. The first kappa shape index (κ1) is 18.7. The summed E-state index contributed by atoms with van der Waals surface area (Å²) in [5.74, 6) is 0.739. The fraction of sp³-hybridized carbons (Fsp3) is 0.381. The third-order valence-electron chi connectivity index (χ3n) is 4.85. The zero-order chi connectivity index (χ0) is 18.4. The standard InChI is InChI=1S/C21H25ClN2O2/c1-26-19-10-6-7-16(14-19)20(24-11-3-2-4-12-24)15-23-21(25)17-8-5-9-18(22)13-17/h5-10,13-14,20H,2-4,11-12,15H2,1H3,(H,23,25). The maximum absolute atomic E-state index is 12.5. The Labute approximate surface area is 160 Å². The molecule has 26 heavy (non-hydrogen) atoms. The molecule has 1 fully saturated rings. The zero-order valence-corrected chi connectivity index (χ0v) is 15.8. The van der Waals surface area contributed by atoms with Gasteiger partial charge in [0.1, 0.15) is 5.75 Å². The summed E-state index contributed by atoms with van der Waals surface area (Å²) in [5, 5.41) is 3.65. The number of nitrogens with one attached hydrogen (secondary N) is 1. The van der Waals surface area contributed by atoms with Crippen molar-refractivity contribution in [2.45, 2.75) is 25.3 Å². The van der Waals surface area contributed by atoms with Gasteiger partial charge in [-0.2, -0.15) is 0 Å². The molecular formula is C21H25ClN2O2. The highest BCUT2D eigenvalue weighted by atomic mass is 35.5. The highest BCUT2D eigenvalue weighted by Crippen LogP contribution is 2.27. The van der Waals surface area contributed by atoms with E-state index in [2.05, 4.69) is 22.3 Å². The molecule has 0 spiro atoms. The lowest BCUT2D eigenvalue weighted by atomic mass is 10.0. The number of rotatable bonds is 6. The normalized spacial score (nSPS) is 16.1. The van der Waals surface area contributed by atoms with Crippen LogP contribution in [0.5, 0.6) is 5.75 Å². The molecule has 0 radical (unpaired) electrons. The number of halogens is 1. The van der Waals surface area contributed by atoms with Crippen molar-refractivity contribution in [3.8, 4) is 5.75 Å². The Morgan fingerprint density at radius 3 is 2.65 bits per heavy atom. The lowest BCUT2D eigenvalue weighted by molar-refractivity contribution is 0.0924. The topological polar surface area (TPSA) is 41.6 Å². The second-order valence-corrected chi connectivity index (χ2v) is 7.05. The average molecular weight is 373 g/mol. The summed E-state index contributed by atoms with van der Waals surface area (Å²) in [7, 11) is 1.68. The SMILES string of the molecule is COc1cccc(C(CNC(=O)c2cccc(Cl)c2)N2CCCCC2)c1. The predicted octanol–water partition coefficient (Wildman–Crippen LogP) is 4.31. The van der Waals surface area contributed by atoms with Crippen LogP contribution in [0.25, 0.3) is 0 Å². The van der Waals surface area contributed by atoms with E-state index in [-0.39, 0.29) is 11.9 Å². The van der Waals surface area contributed by atoms with E-state index in [4.69, 9.17) is 16.3 Å². The van der Waals surface area contributed by atoms with Crippen molar-refractivity contribution in [2.24, 2.45) is 0 Å². The number of hydrogen-bond acceptors (Lipinski definition) is 3. The first-order valence-electron chi connectivity index (χ1n) is 9.09. The Balaban J connectivity index is 1.75. The number of methoxy groups -OCH3 is 1. The first-order valence-corrected chi connectivity index (χ1v) is 9.47. The molecule has 1 atom stereocenters. The summed E-state index contributed by atoms with van der Waals surface area (Å²) in [4.78, 5) is 15.0. The largest absolute Gasteiger partial charge is 0.497 e. The van der Waals surface area contributed by atoms with Crippen molar-refractivity contribution in [2.75, 3.05) is 26.7 Å². The van der Waals surface area contributed by atoms with Crippen LogP contribution in [0.2, 0.25) is 5.02 Å². The van der Waals surface area contributed by atoms with Crippen molar-refractivity contribution in [1.29, 1.82) is 0 Å². The Hall–Kier alpha value is -2.04. The molecule has 1 unspecified atom stereocenters. The Morgan fingerprint density at radius 2 is 1.92 bits per heavy atom. The molecule has 1 saturated heterocycles. The van der Waals surface area contributed by atoms with Gasteiger partial charge >= 0.3 is 0 Å². The molecular weight excluding hydrogens is 348 g/mol. The van der Waals surface area contributed by atoms with Crippen molar-refractivity contribution in [1.82, 2.24) is 10.2 Å². The van der Waals surface area contributed by atoms with Gasteiger partial charge in [0.25, 0.3) is 5.91 Å². The van der Waals surface area contributed by atoms with Gasteiger partial charge in [-0.25, -0.2) is 0 Å². The molecule has 0 saturated carbocycles. The molecule has 0 aliphatic carbocycles. The number of piperidine rings is 1. The number of carbonyl (C=O) groups is 1. The van der Waals surface area contributed by atoms with Crippen LogP contribution >= 0.6 is 11.6 Å². The molecule has 0 bridgehead atoms. The number of carbonyl (C=O) groups excluding carboxylic acids is 1. The minimum atomic E-state index is -0.0996. The number of hydrogen-bond donors (Lipinski definition) is 1. The molecule has 138 valence electrons. The van der Waals surface area contributed by atoms with Crippen LogP contribution in [0.4, 0.5) is 0 Å². The van der Waals surface area contributed by atoms with Crippen molar-refractivity contribution in [3.05, 3.63) is 64.7 Å². The minimum Gasteiger partial charge on any atom is -0.497 e. The van der Waals surface area contributed by atoms with Gasteiger partial charge in [-0.3, -0.25) is 9.69 Å². The summed E-state index contributed by atoms with van der Waals surface area (Å²) >= 11 is 6.00. The van der Waals surface area contributed by atoms with E-state index in [0.717, 1.165) is 24.4 Å². The maximum atomic E-state index is 12.5. The van der Waals surface area contributed by atoms with Gasteiger partial charge < -0.3 is 10.1 Å². The van der Waals surface area contributed by atoms with Gasteiger partial charge in [0.15, 0.2) is 0 Å². The van der Waals surface area contributed by atoms with Crippen LogP contribution in [-0.4, -0.2) is 37.6 Å². The molecule has 3 rings (SSSR count). The summed E-state index contributed by atoms with van der Waals surface area (Å²) in [6, 6.07) is 15.3. The second kappa shape index (κ2) is 9.06.